The lowest BCUT2D eigenvalue weighted by Crippen LogP contribution is -2.46. The van der Waals surface area contributed by atoms with Crippen LogP contribution in [0.5, 0.6) is 0 Å². The fourth-order valence-corrected chi connectivity index (χ4v) is 3.51. The molecule has 1 unspecified atom stereocenters. The summed E-state index contributed by atoms with van der Waals surface area (Å²) in [7, 11) is 2.39. The normalized spacial score (nSPS) is 16.1. The highest BCUT2D eigenvalue weighted by molar-refractivity contribution is 7.13. The molecule has 0 N–H and O–H groups in total. The van der Waals surface area contributed by atoms with Crippen LogP contribution in [0.15, 0.2) is 58.5 Å². The van der Waals surface area contributed by atoms with Crippen molar-refractivity contribution in [2.24, 2.45) is 5.10 Å². The third-order valence-electron chi connectivity index (χ3n) is 3.94. The first-order valence-corrected chi connectivity index (χ1v) is 9.31. The summed E-state index contributed by atoms with van der Waals surface area (Å²) in [6.45, 7) is 0. The van der Waals surface area contributed by atoms with Gasteiger partial charge in [-0.1, -0.05) is 23.7 Å². The smallest absolute Gasteiger partial charge is 0.336 e. The van der Waals surface area contributed by atoms with Crippen molar-refractivity contribution in [2.45, 2.75) is 6.04 Å². The number of Topliss-reactive ketones (excluding diaryl/α,β-unsaturated/α-hetero) is 1. The Morgan fingerprint density at radius 2 is 1.93 bits per heavy atom. The van der Waals surface area contributed by atoms with Crippen molar-refractivity contribution in [3.63, 3.8) is 0 Å². The van der Waals surface area contributed by atoms with E-state index in [9.17, 15) is 14.4 Å². The summed E-state index contributed by atoms with van der Waals surface area (Å²) < 4.78 is 9.66. The van der Waals surface area contributed by atoms with E-state index in [1.165, 1.54) is 36.6 Å². The molecular formula is C19H15ClN2O5S. The zero-order chi connectivity index (χ0) is 20.3. The zero-order valence-electron chi connectivity index (χ0n) is 14.9. The van der Waals surface area contributed by atoms with Crippen LogP contribution in [0.1, 0.15) is 9.67 Å². The summed E-state index contributed by atoms with van der Waals surface area (Å²) in [6.07, 6.45) is 1.26. The quantitative estimate of drug-likeness (QED) is 0.548. The van der Waals surface area contributed by atoms with Crippen LogP contribution < -0.4 is 5.01 Å². The minimum Gasteiger partial charge on any atom is -0.467 e. The summed E-state index contributed by atoms with van der Waals surface area (Å²) >= 11 is 7.31. The number of methoxy groups -OCH3 is 2. The summed E-state index contributed by atoms with van der Waals surface area (Å²) in [5.74, 6) is -1.89. The van der Waals surface area contributed by atoms with E-state index in [1.54, 1.807) is 41.8 Å². The van der Waals surface area contributed by atoms with E-state index in [-0.39, 0.29) is 17.1 Å². The molecule has 144 valence electrons. The van der Waals surface area contributed by atoms with Gasteiger partial charge in [0.1, 0.15) is 5.71 Å². The fraction of sp³-hybridized carbons (Fsp3) is 0.158. The number of carbonyl (C=O) groups is 3. The minimum atomic E-state index is -1.23. The molecule has 1 aromatic heterocycles. The van der Waals surface area contributed by atoms with Crippen molar-refractivity contribution in [2.75, 3.05) is 19.2 Å². The molecule has 0 bridgehead atoms. The summed E-state index contributed by atoms with van der Waals surface area (Å²) in [4.78, 5) is 38.1. The maximum atomic E-state index is 12.8. The van der Waals surface area contributed by atoms with Crippen LogP contribution in [0.2, 0.25) is 5.02 Å². The number of rotatable bonds is 5. The lowest BCUT2D eigenvalue weighted by atomic mass is 10.0. The first kappa shape index (κ1) is 19.8. The third kappa shape index (κ3) is 3.83. The molecule has 0 fully saturated rings. The summed E-state index contributed by atoms with van der Waals surface area (Å²) in [5.41, 5.74) is 0.334. The first-order valence-electron chi connectivity index (χ1n) is 8.05. The van der Waals surface area contributed by atoms with Gasteiger partial charge in [-0.15, -0.1) is 11.3 Å². The van der Waals surface area contributed by atoms with E-state index >= 15 is 0 Å². The molecule has 0 aliphatic carbocycles. The number of nitrogens with zero attached hydrogens (tertiary/aromatic N) is 2. The predicted molar refractivity (Wildman–Crippen MR) is 106 cm³/mol. The van der Waals surface area contributed by atoms with Gasteiger partial charge in [0, 0.05) is 5.02 Å². The van der Waals surface area contributed by atoms with E-state index in [0.29, 0.717) is 15.6 Å². The van der Waals surface area contributed by atoms with Crippen LogP contribution in [-0.2, 0) is 19.1 Å². The molecule has 3 rings (SSSR count). The number of allylic oxidation sites excluding steroid dienone is 1. The van der Waals surface area contributed by atoms with Gasteiger partial charge in [0.2, 0.25) is 5.78 Å². The van der Waals surface area contributed by atoms with Crippen LogP contribution in [0, 0.1) is 0 Å². The molecule has 2 heterocycles. The minimum absolute atomic E-state index is 0.0111. The molecule has 28 heavy (non-hydrogen) atoms. The molecule has 7 nitrogen and oxygen atoms in total. The molecule has 0 spiro atoms. The maximum Gasteiger partial charge on any atom is 0.336 e. The molecule has 1 atom stereocenters. The van der Waals surface area contributed by atoms with E-state index in [0.717, 1.165) is 0 Å². The van der Waals surface area contributed by atoms with Crippen molar-refractivity contribution in [3.8, 4) is 0 Å². The highest BCUT2D eigenvalue weighted by Gasteiger charge is 2.39. The van der Waals surface area contributed by atoms with Crippen LogP contribution in [0.3, 0.4) is 0 Å². The largest absolute Gasteiger partial charge is 0.467 e. The number of hydrazone groups is 1. The van der Waals surface area contributed by atoms with Gasteiger partial charge in [-0.25, -0.2) is 14.6 Å². The number of ether oxygens (including phenoxy) is 2. The van der Waals surface area contributed by atoms with Gasteiger partial charge in [-0.2, -0.15) is 5.10 Å². The van der Waals surface area contributed by atoms with Gasteiger partial charge in [-0.05, 0) is 35.7 Å². The standard InChI is InChI=1S/C19H15ClN2O5S/c1-26-18(24)13-10-14(17(23)15-7-4-8-28-15)21-22(16(13)19(25)27-2)12-6-3-5-11(20)9-12/h3-10,16H,1-2H3. The number of carbonyl (C=O) groups excluding carboxylic acids is 3. The number of esters is 2. The van der Waals surface area contributed by atoms with Crippen molar-refractivity contribution in [3.05, 3.63) is 63.3 Å². The van der Waals surface area contributed by atoms with Gasteiger partial charge in [0.05, 0.1) is 30.4 Å². The number of halogens is 1. The molecule has 1 aliphatic heterocycles. The second kappa shape index (κ2) is 8.37. The topological polar surface area (TPSA) is 85.3 Å². The Bertz CT molecular complexity index is 984. The van der Waals surface area contributed by atoms with Crippen LogP contribution in [0.25, 0.3) is 0 Å². The Kier molecular flexibility index (Phi) is 5.91. The average molecular weight is 419 g/mol. The van der Waals surface area contributed by atoms with Crippen molar-refractivity contribution >= 4 is 52.1 Å². The highest BCUT2D eigenvalue weighted by Crippen LogP contribution is 2.29. The molecular weight excluding hydrogens is 404 g/mol. The number of hydrogen-bond donors (Lipinski definition) is 0. The van der Waals surface area contributed by atoms with E-state index < -0.39 is 18.0 Å². The van der Waals surface area contributed by atoms with Crippen LogP contribution >= 0.6 is 22.9 Å². The number of thiophene rings is 1. The average Bonchev–Trinajstić information content (AvgIpc) is 3.26. The molecule has 0 saturated heterocycles. The van der Waals surface area contributed by atoms with Gasteiger partial charge in [0.25, 0.3) is 0 Å². The predicted octanol–water partition coefficient (Wildman–Crippen LogP) is 3.10. The lowest BCUT2D eigenvalue weighted by molar-refractivity contribution is -0.144. The van der Waals surface area contributed by atoms with Gasteiger partial charge < -0.3 is 9.47 Å². The zero-order valence-corrected chi connectivity index (χ0v) is 16.5. The van der Waals surface area contributed by atoms with Crippen LogP contribution in [-0.4, -0.2) is 43.7 Å². The molecule has 0 saturated carbocycles. The van der Waals surface area contributed by atoms with E-state index in [2.05, 4.69) is 5.10 Å². The fourth-order valence-electron chi connectivity index (χ4n) is 2.66. The SMILES string of the molecule is COC(=O)C1=CC(C(=O)c2cccs2)=NN(c2cccc(Cl)c2)C1C(=O)OC. The Labute approximate surface area is 169 Å². The van der Waals surface area contributed by atoms with Crippen molar-refractivity contribution in [1.29, 1.82) is 0 Å². The maximum absolute atomic E-state index is 12.8. The highest BCUT2D eigenvalue weighted by atomic mass is 35.5. The first-order chi connectivity index (χ1) is 13.5. The van der Waals surface area contributed by atoms with Crippen molar-refractivity contribution < 1.29 is 23.9 Å². The summed E-state index contributed by atoms with van der Waals surface area (Å²) in [6, 6.07) is 8.69. The molecule has 2 aromatic rings. The van der Waals surface area contributed by atoms with Gasteiger partial charge in [0.15, 0.2) is 6.04 Å². The van der Waals surface area contributed by atoms with Gasteiger partial charge in [-0.3, -0.25) is 4.79 Å². The molecule has 1 aromatic carbocycles. The number of anilines is 1. The third-order valence-corrected chi connectivity index (χ3v) is 5.05. The Morgan fingerprint density at radius 3 is 2.54 bits per heavy atom. The molecule has 0 radical (unpaired) electrons. The second-order valence-electron chi connectivity index (χ2n) is 5.63. The number of benzene rings is 1. The number of hydrogen-bond acceptors (Lipinski definition) is 8. The molecule has 9 heteroatoms. The van der Waals surface area contributed by atoms with Crippen molar-refractivity contribution in [1.82, 2.24) is 0 Å². The molecule has 1 aliphatic rings. The Balaban J connectivity index is 2.17. The summed E-state index contributed by atoms with van der Waals surface area (Å²) in [5, 5.41) is 7.73. The van der Waals surface area contributed by atoms with E-state index in [1.807, 2.05) is 0 Å². The van der Waals surface area contributed by atoms with E-state index in [4.69, 9.17) is 21.1 Å². The molecule has 0 amide bonds. The van der Waals surface area contributed by atoms with Crippen LogP contribution in [0.4, 0.5) is 5.69 Å². The second-order valence-corrected chi connectivity index (χ2v) is 7.02. The number of ketones is 1. The lowest BCUT2D eigenvalue weighted by Gasteiger charge is -2.31. The Hall–Kier alpha value is -2.97. The van der Waals surface area contributed by atoms with Gasteiger partial charge >= 0.3 is 11.9 Å². The monoisotopic (exact) mass is 418 g/mol. The Morgan fingerprint density at radius 1 is 1.14 bits per heavy atom.